The van der Waals surface area contributed by atoms with Crippen molar-refractivity contribution in [3.63, 3.8) is 0 Å². The Labute approximate surface area is 94.5 Å². The van der Waals surface area contributed by atoms with Crippen molar-refractivity contribution in [2.24, 2.45) is 0 Å². The average Bonchev–Trinajstić information content (AvgIpc) is 2.11. The highest BCUT2D eigenvalue weighted by Gasteiger charge is 2.24. The standard InChI is InChI=1S/C9H18BrO3P/c1-4-6-12-14(11,8-9(3)10)13-7-5-2/h3-8H2,1-2H3. The minimum atomic E-state index is -2.95. The van der Waals surface area contributed by atoms with E-state index in [2.05, 4.69) is 22.5 Å². The first-order valence-corrected chi connectivity index (χ1v) is 7.27. The molecule has 5 heteroatoms. The van der Waals surface area contributed by atoms with Crippen molar-refractivity contribution in [1.82, 2.24) is 0 Å². The molecule has 0 aromatic rings. The molecule has 0 saturated heterocycles. The summed E-state index contributed by atoms with van der Waals surface area (Å²) in [6.07, 6.45) is 1.90. The molecule has 84 valence electrons. The van der Waals surface area contributed by atoms with Crippen molar-refractivity contribution >= 4 is 23.5 Å². The molecule has 0 bridgehead atoms. The Morgan fingerprint density at radius 2 is 1.71 bits per heavy atom. The Balaban J connectivity index is 4.18. The molecular formula is C9H18BrO3P. The summed E-state index contributed by atoms with van der Waals surface area (Å²) >= 11 is 3.17. The van der Waals surface area contributed by atoms with E-state index in [1.165, 1.54) is 0 Å². The molecule has 0 saturated carbocycles. The summed E-state index contributed by atoms with van der Waals surface area (Å²) in [5.74, 6) is 0. The average molecular weight is 285 g/mol. The predicted molar refractivity (Wildman–Crippen MR) is 63.0 cm³/mol. The highest BCUT2D eigenvalue weighted by molar-refractivity contribution is 9.11. The topological polar surface area (TPSA) is 35.5 Å². The van der Waals surface area contributed by atoms with E-state index in [1.807, 2.05) is 13.8 Å². The molecule has 0 aromatic carbocycles. The van der Waals surface area contributed by atoms with Gasteiger partial charge >= 0.3 is 7.60 Å². The number of halogens is 1. The first-order valence-electron chi connectivity index (χ1n) is 4.75. The molecule has 0 unspecified atom stereocenters. The zero-order valence-corrected chi connectivity index (χ0v) is 11.3. The van der Waals surface area contributed by atoms with Gasteiger partial charge in [-0.2, -0.15) is 0 Å². The predicted octanol–water partition coefficient (Wildman–Crippen LogP) is 3.94. The highest BCUT2D eigenvalue weighted by Crippen LogP contribution is 2.50. The van der Waals surface area contributed by atoms with E-state index >= 15 is 0 Å². The number of rotatable bonds is 8. The third-order valence-corrected chi connectivity index (χ3v) is 3.98. The zero-order chi connectivity index (χ0) is 11.0. The molecule has 0 fully saturated rings. The molecule has 14 heavy (non-hydrogen) atoms. The quantitative estimate of drug-likeness (QED) is 0.634. The van der Waals surface area contributed by atoms with Gasteiger partial charge in [0.15, 0.2) is 0 Å². The fourth-order valence-electron chi connectivity index (χ4n) is 0.799. The summed E-state index contributed by atoms with van der Waals surface area (Å²) in [5, 5.41) is 0. The van der Waals surface area contributed by atoms with Crippen LogP contribution in [0.1, 0.15) is 26.7 Å². The summed E-state index contributed by atoms with van der Waals surface area (Å²) in [7, 11) is -2.95. The minimum absolute atomic E-state index is 0.243. The van der Waals surface area contributed by atoms with Gasteiger partial charge in [-0.05, 0) is 17.3 Å². The van der Waals surface area contributed by atoms with E-state index in [9.17, 15) is 4.57 Å². The van der Waals surface area contributed by atoms with Crippen molar-refractivity contribution in [3.8, 4) is 0 Å². The van der Waals surface area contributed by atoms with Gasteiger partial charge in [-0.15, -0.1) is 0 Å². The van der Waals surface area contributed by atoms with Crippen LogP contribution in [0.25, 0.3) is 0 Å². The van der Waals surface area contributed by atoms with Gasteiger partial charge in [0, 0.05) is 0 Å². The molecule has 0 aliphatic rings. The van der Waals surface area contributed by atoms with Crippen LogP contribution in [0.2, 0.25) is 0 Å². The maximum atomic E-state index is 12.0. The van der Waals surface area contributed by atoms with Crippen LogP contribution < -0.4 is 0 Å². The Morgan fingerprint density at radius 3 is 2.00 bits per heavy atom. The van der Waals surface area contributed by atoms with Gasteiger partial charge in [-0.3, -0.25) is 4.57 Å². The maximum Gasteiger partial charge on any atom is 0.335 e. The van der Waals surface area contributed by atoms with Gasteiger partial charge in [0.1, 0.15) is 0 Å². The molecule has 0 aliphatic heterocycles. The van der Waals surface area contributed by atoms with Crippen molar-refractivity contribution < 1.29 is 13.6 Å². The van der Waals surface area contributed by atoms with Gasteiger partial charge in [0.25, 0.3) is 0 Å². The smallest absolute Gasteiger partial charge is 0.308 e. The molecule has 0 spiro atoms. The normalized spacial score (nSPS) is 11.6. The van der Waals surface area contributed by atoms with Crippen molar-refractivity contribution in [2.75, 3.05) is 19.4 Å². The fourth-order valence-corrected chi connectivity index (χ4v) is 3.32. The molecule has 0 aromatic heterocycles. The van der Waals surface area contributed by atoms with E-state index in [0.29, 0.717) is 17.7 Å². The molecule has 0 N–H and O–H groups in total. The van der Waals surface area contributed by atoms with Gasteiger partial charge in [0.05, 0.1) is 19.4 Å². The van der Waals surface area contributed by atoms with Gasteiger partial charge < -0.3 is 9.05 Å². The van der Waals surface area contributed by atoms with Gasteiger partial charge in [-0.1, -0.05) is 36.4 Å². The lowest BCUT2D eigenvalue weighted by atomic mass is 10.5. The summed E-state index contributed by atoms with van der Waals surface area (Å²) in [6, 6.07) is 0. The van der Waals surface area contributed by atoms with E-state index in [0.717, 1.165) is 12.8 Å². The second-order valence-corrected chi connectivity index (χ2v) is 6.13. The summed E-state index contributed by atoms with van der Waals surface area (Å²) < 4.78 is 23.1. The van der Waals surface area contributed by atoms with E-state index in [4.69, 9.17) is 9.05 Å². The lowest BCUT2D eigenvalue weighted by Crippen LogP contribution is -2.01. The zero-order valence-electron chi connectivity index (χ0n) is 8.79. The van der Waals surface area contributed by atoms with Crippen molar-refractivity contribution in [1.29, 1.82) is 0 Å². The van der Waals surface area contributed by atoms with Gasteiger partial charge in [0.2, 0.25) is 0 Å². The van der Waals surface area contributed by atoms with Crippen LogP contribution in [-0.4, -0.2) is 19.4 Å². The maximum absolute atomic E-state index is 12.0. The number of hydrogen-bond donors (Lipinski definition) is 0. The molecule has 0 aliphatic carbocycles. The fraction of sp³-hybridized carbons (Fsp3) is 0.778. The van der Waals surface area contributed by atoms with Gasteiger partial charge in [-0.25, -0.2) is 0 Å². The number of hydrogen-bond acceptors (Lipinski definition) is 3. The van der Waals surface area contributed by atoms with E-state index < -0.39 is 7.60 Å². The Hall–Kier alpha value is 0.370. The molecule has 3 nitrogen and oxygen atoms in total. The monoisotopic (exact) mass is 284 g/mol. The second-order valence-electron chi connectivity index (χ2n) is 2.95. The van der Waals surface area contributed by atoms with Crippen LogP contribution in [0, 0.1) is 0 Å². The Morgan fingerprint density at radius 1 is 1.29 bits per heavy atom. The summed E-state index contributed by atoms with van der Waals surface area (Å²) in [5.41, 5.74) is 0. The SMILES string of the molecule is C=C(Br)CP(=O)(OCCC)OCCC. The summed E-state index contributed by atoms with van der Waals surface area (Å²) in [6.45, 7) is 8.49. The minimum Gasteiger partial charge on any atom is -0.308 e. The van der Waals surface area contributed by atoms with Crippen LogP contribution in [0.3, 0.4) is 0 Å². The molecule has 0 atom stereocenters. The number of allylic oxidation sites excluding steroid dienone is 1. The first kappa shape index (κ1) is 14.4. The van der Waals surface area contributed by atoms with Crippen molar-refractivity contribution in [2.45, 2.75) is 26.7 Å². The largest absolute Gasteiger partial charge is 0.335 e. The van der Waals surface area contributed by atoms with Crippen LogP contribution in [0.4, 0.5) is 0 Å². The second kappa shape index (κ2) is 7.63. The molecule has 0 heterocycles. The first-order chi connectivity index (χ1) is 6.54. The molecule has 0 amide bonds. The summed E-state index contributed by atoms with van der Waals surface area (Å²) in [4.78, 5) is 0. The third-order valence-electron chi connectivity index (χ3n) is 1.35. The van der Waals surface area contributed by atoms with Crippen LogP contribution in [0.5, 0.6) is 0 Å². The Bertz CT molecular complexity index is 206. The lowest BCUT2D eigenvalue weighted by molar-refractivity contribution is 0.206. The lowest BCUT2D eigenvalue weighted by Gasteiger charge is -2.17. The van der Waals surface area contributed by atoms with Crippen LogP contribution in [0.15, 0.2) is 11.1 Å². The van der Waals surface area contributed by atoms with Crippen LogP contribution >= 0.6 is 23.5 Å². The Kier molecular flexibility index (Phi) is 7.84. The van der Waals surface area contributed by atoms with Crippen molar-refractivity contribution in [3.05, 3.63) is 11.1 Å². The molecular weight excluding hydrogens is 267 g/mol. The third kappa shape index (κ3) is 6.77. The highest BCUT2D eigenvalue weighted by atomic mass is 79.9. The van der Waals surface area contributed by atoms with Crippen LogP contribution in [-0.2, 0) is 13.6 Å². The van der Waals surface area contributed by atoms with E-state index in [-0.39, 0.29) is 6.16 Å². The van der Waals surface area contributed by atoms with E-state index in [1.54, 1.807) is 0 Å². The molecule has 0 radical (unpaired) electrons. The molecule has 0 rings (SSSR count).